The second-order valence-corrected chi connectivity index (χ2v) is 3.84. The number of carbonyl (C=O) groups excluding carboxylic acids is 1. The minimum atomic E-state index is -0.312. The van der Waals surface area contributed by atoms with Gasteiger partial charge in [0, 0.05) is 25.5 Å². The lowest BCUT2D eigenvalue weighted by Crippen LogP contribution is -2.30. The number of benzene rings is 1. The molecule has 0 saturated heterocycles. The molecule has 1 aromatic heterocycles. The Morgan fingerprint density at radius 2 is 2.24 bits per heavy atom. The largest absolute Gasteiger partial charge is 0.349 e. The monoisotopic (exact) mass is 235 g/mol. The fraction of sp³-hybridized carbons (Fsp3) is 0.250. The van der Waals surface area contributed by atoms with Crippen LogP contribution in [0.1, 0.15) is 10.5 Å². The number of nitrogens with one attached hydrogen (secondary N) is 1. The van der Waals surface area contributed by atoms with Gasteiger partial charge in [0.1, 0.15) is 11.5 Å². The van der Waals surface area contributed by atoms with Crippen LogP contribution in [0.3, 0.4) is 0 Å². The third-order valence-electron chi connectivity index (χ3n) is 2.67. The molecule has 5 heteroatoms. The van der Waals surface area contributed by atoms with Gasteiger partial charge < -0.3 is 15.6 Å². The maximum atomic E-state index is 13.1. The van der Waals surface area contributed by atoms with Crippen LogP contribution in [0.15, 0.2) is 24.3 Å². The van der Waals surface area contributed by atoms with Gasteiger partial charge in [-0.05, 0) is 24.3 Å². The Labute approximate surface area is 98.2 Å². The Hall–Kier alpha value is -1.88. The summed E-state index contributed by atoms with van der Waals surface area (Å²) in [6.07, 6.45) is 0. The van der Waals surface area contributed by atoms with E-state index in [1.54, 1.807) is 23.7 Å². The van der Waals surface area contributed by atoms with E-state index in [9.17, 15) is 9.18 Å². The summed E-state index contributed by atoms with van der Waals surface area (Å²) in [5, 5.41) is 3.53. The number of hydrogen-bond donors (Lipinski definition) is 2. The molecule has 0 bridgehead atoms. The van der Waals surface area contributed by atoms with E-state index in [1.165, 1.54) is 12.1 Å². The third kappa shape index (κ3) is 2.14. The average molecular weight is 235 g/mol. The van der Waals surface area contributed by atoms with Gasteiger partial charge in [-0.1, -0.05) is 0 Å². The highest BCUT2D eigenvalue weighted by molar-refractivity contribution is 5.98. The number of nitrogens with two attached hydrogens (primary N) is 1. The van der Waals surface area contributed by atoms with Crippen LogP contribution < -0.4 is 11.1 Å². The minimum absolute atomic E-state index is 0.199. The molecule has 90 valence electrons. The number of rotatable bonds is 3. The number of aromatic nitrogens is 1. The molecule has 0 fully saturated rings. The standard InChI is InChI=1S/C12H14FN3O/c1-16-10-7-9(13)3-2-8(10)6-11(16)12(17)15-5-4-14/h2-3,6-7H,4-5,14H2,1H3,(H,15,17). The van der Waals surface area contributed by atoms with E-state index in [-0.39, 0.29) is 11.7 Å². The molecule has 2 aromatic rings. The molecule has 0 spiro atoms. The lowest BCUT2D eigenvalue weighted by atomic mass is 10.2. The van der Waals surface area contributed by atoms with Gasteiger partial charge in [-0.2, -0.15) is 0 Å². The summed E-state index contributed by atoms with van der Waals surface area (Å²) in [6, 6.07) is 6.18. The summed E-state index contributed by atoms with van der Waals surface area (Å²) in [5.41, 5.74) is 6.51. The Morgan fingerprint density at radius 3 is 2.94 bits per heavy atom. The molecular formula is C12H14FN3O. The van der Waals surface area contributed by atoms with Crippen molar-refractivity contribution in [1.29, 1.82) is 0 Å². The molecule has 3 N–H and O–H groups in total. The van der Waals surface area contributed by atoms with E-state index in [0.717, 1.165) is 5.39 Å². The maximum absolute atomic E-state index is 13.1. The molecule has 0 aliphatic carbocycles. The lowest BCUT2D eigenvalue weighted by molar-refractivity contribution is 0.0947. The van der Waals surface area contributed by atoms with Gasteiger partial charge in [0.2, 0.25) is 0 Å². The number of carbonyl (C=O) groups is 1. The van der Waals surface area contributed by atoms with E-state index >= 15 is 0 Å². The Kier molecular flexibility index (Phi) is 3.10. The zero-order valence-electron chi connectivity index (χ0n) is 9.53. The van der Waals surface area contributed by atoms with Crippen molar-refractivity contribution in [2.45, 2.75) is 0 Å². The zero-order chi connectivity index (χ0) is 12.4. The van der Waals surface area contributed by atoms with Gasteiger partial charge in [0.15, 0.2) is 0 Å². The number of amides is 1. The van der Waals surface area contributed by atoms with E-state index < -0.39 is 0 Å². The Balaban J connectivity index is 2.42. The van der Waals surface area contributed by atoms with Crippen LogP contribution >= 0.6 is 0 Å². The number of nitrogens with zero attached hydrogens (tertiary/aromatic N) is 1. The predicted molar refractivity (Wildman–Crippen MR) is 64.3 cm³/mol. The average Bonchev–Trinajstić information content (AvgIpc) is 2.64. The topological polar surface area (TPSA) is 60.0 Å². The predicted octanol–water partition coefficient (Wildman–Crippen LogP) is 1.01. The highest BCUT2D eigenvalue weighted by atomic mass is 19.1. The van der Waals surface area contributed by atoms with Gasteiger partial charge in [-0.3, -0.25) is 4.79 Å². The first-order valence-electron chi connectivity index (χ1n) is 5.36. The summed E-state index contributed by atoms with van der Waals surface area (Å²) < 4.78 is 14.8. The Morgan fingerprint density at radius 1 is 1.47 bits per heavy atom. The molecule has 0 aliphatic rings. The maximum Gasteiger partial charge on any atom is 0.267 e. The molecule has 1 amide bonds. The summed E-state index contributed by atoms with van der Waals surface area (Å²) >= 11 is 0. The summed E-state index contributed by atoms with van der Waals surface area (Å²) in [7, 11) is 1.74. The van der Waals surface area contributed by atoms with Crippen molar-refractivity contribution >= 4 is 16.8 Å². The molecule has 1 aromatic carbocycles. The van der Waals surface area contributed by atoms with E-state index in [2.05, 4.69) is 5.32 Å². The van der Waals surface area contributed by atoms with Crippen LogP contribution in [0.4, 0.5) is 4.39 Å². The van der Waals surface area contributed by atoms with Crippen LogP contribution in [-0.4, -0.2) is 23.6 Å². The van der Waals surface area contributed by atoms with E-state index in [4.69, 9.17) is 5.73 Å². The first-order chi connectivity index (χ1) is 8.13. The fourth-order valence-corrected chi connectivity index (χ4v) is 1.80. The van der Waals surface area contributed by atoms with Crippen molar-refractivity contribution in [2.75, 3.05) is 13.1 Å². The van der Waals surface area contributed by atoms with Gasteiger partial charge >= 0.3 is 0 Å². The summed E-state index contributed by atoms with van der Waals surface area (Å²) in [6.45, 7) is 0.818. The normalized spacial score (nSPS) is 10.8. The van der Waals surface area contributed by atoms with Crippen molar-refractivity contribution in [1.82, 2.24) is 9.88 Å². The SMILES string of the molecule is Cn1c(C(=O)NCCN)cc2ccc(F)cc21. The molecular weight excluding hydrogens is 221 g/mol. The number of aryl methyl sites for hydroxylation is 1. The number of hydrogen-bond acceptors (Lipinski definition) is 2. The molecule has 0 aliphatic heterocycles. The highest BCUT2D eigenvalue weighted by Gasteiger charge is 2.12. The van der Waals surface area contributed by atoms with Crippen molar-refractivity contribution in [2.24, 2.45) is 12.8 Å². The second-order valence-electron chi connectivity index (χ2n) is 3.84. The summed E-state index contributed by atoms with van der Waals surface area (Å²) in [4.78, 5) is 11.8. The Bertz CT molecular complexity index is 562. The first-order valence-corrected chi connectivity index (χ1v) is 5.36. The molecule has 17 heavy (non-hydrogen) atoms. The smallest absolute Gasteiger partial charge is 0.267 e. The van der Waals surface area contributed by atoms with Gasteiger partial charge in [0.05, 0.1) is 5.52 Å². The minimum Gasteiger partial charge on any atom is -0.349 e. The molecule has 2 rings (SSSR count). The molecule has 0 atom stereocenters. The number of fused-ring (bicyclic) bond motifs is 1. The number of halogens is 1. The van der Waals surface area contributed by atoms with E-state index in [1.807, 2.05) is 0 Å². The van der Waals surface area contributed by atoms with Crippen molar-refractivity contribution in [3.63, 3.8) is 0 Å². The third-order valence-corrected chi connectivity index (χ3v) is 2.67. The zero-order valence-corrected chi connectivity index (χ0v) is 9.53. The van der Waals surface area contributed by atoms with E-state index in [0.29, 0.717) is 24.3 Å². The highest BCUT2D eigenvalue weighted by Crippen LogP contribution is 2.19. The first kappa shape index (κ1) is 11.6. The quantitative estimate of drug-likeness (QED) is 0.834. The molecule has 0 radical (unpaired) electrons. The molecule has 0 unspecified atom stereocenters. The van der Waals surface area contributed by atoms with Gasteiger partial charge in [-0.25, -0.2) is 4.39 Å². The second kappa shape index (κ2) is 4.55. The molecule has 1 heterocycles. The van der Waals surface area contributed by atoms with Crippen LogP contribution in [0.5, 0.6) is 0 Å². The lowest BCUT2D eigenvalue weighted by Gasteiger charge is -2.04. The van der Waals surface area contributed by atoms with Crippen LogP contribution in [0, 0.1) is 5.82 Å². The van der Waals surface area contributed by atoms with Crippen molar-refractivity contribution < 1.29 is 9.18 Å². The van der Waals surface area contributed by atoms with Crippen molar-refractivity contribution in [3.05, 3.63) is 35.8 Å². The van der Waals surface area contributed by atoms with Crippen LogP contribution in [0.2, 0.25) is 0 Å². The molecule has 4 nitrogen and oxygen atoms in total. The van der Waals surface area contributed by atoms with Crippen LogP contribution in [0.25, 0.3) is 10.9 Å². The van der Waals surface area contributed by atoms with Crippen LogP contribution in [-0.2, 0) is 7.05 Å². The van der Waals surface area contributed by atoms with Crippen molar-refractivity contribution in [3.8, 4) is 0 Å². The van der Waals surface area contributed by atoms with Gasteiger partial charge in [-0.15, -0.1) is 0 Å². The fourth-order valence-electron chi connectivity index (χ4n) is 1.80. The summed E-state index contributed by atoms with van der Waals surface area (Å²) in [5.74, 6) is -0.512. The molecule has 0 saturated carbocycles. The van der Waals surface area contributed by atoms with Gasteiger partial charge in [0.25, 0.3) is 5.91 Å².